The number of unbranched alkanes of at least 4 members (excludes halogenated alkanes) is 6. The molecule has 1 aromatic rings. The lowest BCUT2D eigenvalue weighted by molar-refractivity contribution is -0.393. The fourth-order valence-corrected chi connectivity index (χ4v) is 3.48. The van der Waals surface area contributed by atoms with Gasteiger partial charge in [-0.15, -0.1) is 0 Å². The lowest BCUT2D eigenvalue weighted by Crippen LogP contribution is -2.44. The summed E-state index contributed by atoms with van der Waals surface area (Å²) in [5, 5.41) is 55.4. The number of anilines is 1. The van der Waals surface area contributed by atoms with Crippen molar-refractivity contribution in [3.63, 3.8) is 0 Å². The van der Waals surface area contributed by atoms with E-state index < -0.39 is 65.2 Å². The largest absolute Gasteiger partial charge is 0.394 e. The zero-order valence-corrected chi connectivity index (χ0v) is 19.8. The van der Waals surface area contributed by atoms with Gasteiger partial charge >= 0.3 is 0 Å². The normalized spacial score (nSPS) is 17.9. The van der Waals surface area contributed by atoms with Gasteiger partial charge in [-0.3, -0.25) is 20.2 Å². The number of hydrogen-bond donors (Lipinski definition) is 4. The third-order valence-corrected chi connectivity index (χ3v) is 5.53. The Morgan fingerprint density at radius 1 is 0.971 bits per heavy atom. The van der Waals surface area contributed by atoms with Gasteiger partial charge < -0.3 is 20.6 Å². The fraction of sp³-hybridized carbons (Fsp3) is 0.750. The van der Waals surface area contributed by atoms with Crippen molar-refractivity contribution in [3.8, 4) is 0 Å². The van der Waals surface area contributed by atoms with E-state index in [1.807, 2.05) is 0 Å². The number of benzene rings is 1. The van der Waals surface area contributed by atoms with Gasteiger partial charge in [0, 0.05) is 11.5 Å². The van der Waals surface area contributed by atoms with Crippen molar-refractivity contribution in [3.05, 3.63) is 38.4 Å². The van der Waals surface area contributed by atoms with Crippen LogP contribution >= 0.6 is 0 Å². The van der Waals surface area contributed by atoms with Gasteiger partial charge in [0.1, 0.15) is 11.8 Å². The van der Waals surface area contributed by atoms with E-state index in [2.05, 4.69) is 12.2 Å². The third kappa shape index (κ3) is 11.2. The molecule has 0 aliphatic rings. The van der Waals surface area contributed by atoms with Crippen LogP contribution < -0.4 is 5.32 Å². The average Bonchev–Trinajstić information content (AvgIpc) is 2.88. The second-order valence-corrected chi connectivity index (χ2v) is 8.26. The van der Waals surface area contributed by atoms with Crippen LogP contribution in [0.3, 0.4) is 0 Å². The Labute approximate surface area is 207 Å². The monoisotopic (exact) mass is 487 g/mol. The number of nitro groups is 2. The summed E-state index contributed by atoms with van der Waals surface area (Å²) in [5.41, 5.74) is -1.39. The van der Waals surface area contributed by atoms with E-state index in [0.717, 1.165) is 50.3 Å². The van der Waals surface area contributed by atoms with Crippen molar-refractivity contribution in [1.82, 2.24) is 0 Å². The standard InChI is InChI=1S/C24H41N3O7/c1-2-3-4-5-6-7-8-9-10-11-12-13-14-23(29)24(30)21(18-28)25-20-16-15-19(26(31)32)17-22(20)27(33)34/h15-17,21,23-25,28-30H,2-14,18H2,1H3/t21-,23+,24-/m0/s1/i10D,11D,12D2/t10-,11-,21+,23-,24+/m1. The van der Waals surface area contributed by atoms with E-state index in [1.165, 1.54) is 12.8 Å². The van der Waals surface area contributed by atoms with Crippen LogP contribution in [-0.4, -0.2) is 50.0 Å². The topological polar surface area (TPSA) is 159 Å². The van der Waals surface area contributed by atoms with Crippen LogP contribution in [-0.2, 0) is 0 Å². The molecular weight excluding hydrogens is 442 g/mol. The highest BCUT2D eigenvalue weighted by molar-refractivity contribution is 5.65. The molecule has 1 rings (SSSR count). The molecule has 0 aromatic heterocycles. The van der Waals surface area contributed by atoms with E-state index in [9.17, 15) is 35.5 Å². The third-order valence-electron chi connectivity index (χ3n) is 5.53. The highest BCUT2D eigenvalue weighted by atomic mass is 16.6. The lowest BCUT2D eigenvalue weighted by Gasteiger charge is -2.27. The molecule has 0 amide bonds. The zero-order valence-electron chi connectivity index (χ0n) is 23.8. The van der Waals surface area contributed by atoms with Crippen LogP contribution in [0.15, 0.2) is 18.2 Å². The van der Waals surface area contributed by atoms with E-state index in [0.29, 0.717) is 6.42 Å². The Balaban J connectivity index is 2.67. The molecule has 10 nitrogen and oxygen atoms in total. The fourth-order valence-electron chi connectivity index (χ4n) is 3.48. The summed E-state index contributed by atoms with van der Waals surface area (Å²) in [5.74, 6) is 0. The highest BCUT2D eigenvalue weighted by Crippen LogP contribution is 2.30. The molecule has 0 fully saturated rings. The molecule has 0 spiro atoms. The van der Waals surface area contributed by atoms with E-state index >= 15 is 0 Å². The number of hydrogen-bond acceptors (Lipinski definition) is 8. The van der Waals surface area contributed by atoms with Crippen LogP contribution in [0.1, 0.15) is 95.8 Å². The van der Waals surface area contributed by atoms with Crippen molar-refractivity contribution in [1.29, 1.82) is 0 Å². The number of nitrogens with one attached hydrogen (secondary N) is 1. The van der Waals surface area contributed by atoms with Gasteiger partial charge in [-0.25, -0.2) is 0 Å². The number of nitrogens with zero attached hydrogens (tertiary/aromatic N) is 2. The van der Waals surface area contributed by atoms with Gasteiger partial charge in [-0.2, -0.15) is 0 Å². The predicted molar refractivity (Wildman–Crippen MR) is 132 cm³/mol. The molecule has 0 aliphatic carbocycles. The molecule has 0 heterocycles. The summed E-state index contributed by atoms with van der Waals surface area (Å²) in [6, 6.07) is 1.50. The van der Waals surface area contributed by atoms with Crippen LogP contribution in [0.25, 0.3) is 0 Å². The number of non-ortho nitro benzene ring substituents is 1. The van der Waals surface area contributed by atoms with Crippen molar-refractivity contribution >= 4 is 17.1 Å². The molecule has 0 unspecified atom stereocenters. The molecular formula is C24H41N3O7. The maximum atomic E-state index is 11.3. The molecule has 0 radical (unpaired) electrons. The SMILES string of the molecule is [2H][C@H](CCCCCCCCC)[C@@H]([2H])C([2H])([2H])CC[C@@H](O)[C@@H](O)[C@H](CO)Nc1ccc([N+](=O)[O-])cc1[N+](=O)[O-]. The molecule has 194 valence electrons. The second-order valence-electron chi connectivity index (χ2n) is 8.26. The first-order valence-electron chi connectivity index (χ1n) is 14.0. The minimum Gasteiger partial charge on any atom is -0.394 e. The quantitative estimate of drug-likeness (QED) is 0.112. The summed E-state index contributed by atoms with van der Waals surface area (Å²) in [6.07, 6.45) is -0.416. The Hall–Kier alpha value is -2.30. The van der Waals surface area contributed by atoms with Crippen LogP contribution in [0, 0.1) is 20.2 Å². The van der Waals surface area contributed by atoms with E-state index in [4.69, 9.17) is 5.48 Å². The summed E-state index contributed by atoms with van der Waals surface area (Å²) in [7, 11) is 0. The molecule has 1 aromatic carbocycles. The summed E-state index contributed by atoms with van der Waals surface area (Å²) in [4.78, 5) is 20.6. The Morgan fingerprint density at radius 3 is 2.21 bits per heavy atom. The first kappa shape index (κ1) is 23.4. The van der Waals surface area contributed by atoms with Crippen molar-refractivity contribution in [2.45, 2.75) is 109 Å². The average molecular weight is 488 g/mol. The Morgan fingerprint density at radius 2 is 1.62 bits per heavy atom. The first-order chi connectivity index (χ1) is 17.8. The summed E-state index contributed by atoms with van der Waals surface area (Å²) in [6.45, 7) is 1.39. The summed E-state index contributed by atoms with van der Waals surface area (Å²) < 4.78 is 32.8. The second kappa shape index (κ2) is 17.2. The predicted octanol–water partition coefficient (Wildman–Crippen LogP) is 5.09. The van der Waals surface area contributed by atoms with Gasteiger partial charge in [-0.1, -0.05) is 83.9 Å². The smallest absolute Gasteiger partial charge is 0.299 e. The number of aliphatic hydroxyl groups excluding tert-OH is 3. The molecule has 4 N–H and O–H groups in total. The maximum Gasteiger partial charge on any atom is 0.299 e. The van der Waals surface area contributed by atoms with Gasteiger partial charge in [0.15, 0.2) is 0 Å². The van der Waals surface area contributed by atoms with Crippen LogP contribution in [0.2, 0.25) is 0 Å². The van der Waals surface area contributed by atoms with E-state index in [-0.39, 0.29) is 18.5 Å². The minimum absolute atomic E-state index is 0.213. The van der Waals surface area contributed by atoms with Gasteiger partial charge in [0.25, 0.3) is 11.4 Å². The number of aliphatic hydroxyl groups is 3. The molecule has 10 heteroatoms. The maximum absolute atomic E-state index is 11.3. The lowest BCUT2D eigenvalue weighted by atomic mass is 9.99. The molecule has 0 saturated carbocycles. The van der Waals surface area contributed by atoms with Crippen LogP contribution in [0.5, 0.6) is 0 Å². The first-order valence-corrected chi connectivity index (χ1v) is 11.9. The van der Waals surface area contributed by atoms with Crippen molar-refractivity contribution in [2.24, 2.45) is 0 Å². The molecule has 5 atom stereocenters. The van der Waals surface area contributed by atoms with Crippen molar-refractivity contribution in [2.75, 3.05) is 11.9 Å². The highest BCUT2D eigenvalue weighted by Gasteiger charge is 2.28. The van der Waals surface area contributed by atoms with Gasteiger partial charge in [0.2, 0.25) is 0 Å². The van der Waals surface area contributed by atoms with Gasteiger partial charge in [0.05, 0.1) is 34.7 Å². The molecule has 0 bridgehead atoms. The molecule has 0 saturated heterocycles. The van der Waals surface area contributed by atoms with Crippen molar-refractivity contribution < 1.29 is 30.6 Å². The Kier molecular flexibility index (Phi) is 11.8. The minimum atomic E-state index is -2.10. The Bertz CT molecular complexity index is 881. The summed E-state index contributed by atoms with van der Waals surface area (Å²) >= 11 is 0. The van der Waals surface area contributed by atoms with Gasteiger partial charge in [-0.05, 0) is 12.5 Å². The van der Waals surface area contributed by atoms with Crippen LogP contribution in [0.4, 0.5) is 17.1 Å². The number of rotatable bonds is 20. The molecule has 0 aliphatic heterocycles. The zero-order chi connectivity index (χ0) is 28.9. The number of nitro benzene ring substituents is 2. The molecule has 34 heavy (non-hydrogen) atoms. The van der Waals surface area contributed by atoms with E-state index in [1.54, 1.807) is 0 Å².